The molecule has 1 aromatic carbocycles. The zero-order valence-electron chi connectivity index (χ0n) is 9.80. The molecule has 0 saturated heterocycles. The fourth-order valence-corrected chi connectivity index (χ4v) is 2.67. The number of thiazole rings is 1. The number of aromatic nitrogens is 1. The predicted octanol–water partition coefficient (Wildman–Crippen LogP) is 2.67. The van der Waals surface area contributed by atoms with Gasteiger partial charge in [0.25, 0.3) is 0 Å². The Morgan fingerprint density at radius 1 is 1.39 bits per heavy atom. The molecular formula is C13H11NO3S. The number of carbonyl (C=O) groups excluding carboxylic acids is 1. The Labute approximate surface area is 108 Å². The number of benzene rings is 1. The highest BCUT2D eigenvalue weighted by Gasteiger charge is 2.15. The Kier molecular flexibility index (Phi) is 2.76. The molecule has 4 nitrogen and oxygen atoms in total. The van der Waals surface area contributed by atoms with E-state index in [2.05, 4.69) is 4.98 Å². The lowest BCUT2D eigenvalue weighted by molar-refractivity contribution is -0.116. The van der Waals surface area contributed by atoms with Gasteiger partial charge in [-0.15, -0.1) is 11.3 Å². The van der Waals surface area contributed by atoms with Crippen molar-refractivity contribution in [3.8, 4) is 22.8 Å². The molecule has 0 bridgehead atoms. The fourth-order valence-electron chi connectivity index (χ4n) is 1.79. The standard InChI is InChI=1S/C13H11NO3S/c1-8(15)4-13-14-10(6-18-13)9-2-3-11-12(5-9)17-7-16-11/h2-3,5-6H,4,7H2,1H3. The van der Waals surface area contributed by atoms with Crippen molar-refractivity contribution in [3.05, 3.63) is 28.6 Å². The van der Waals surface area contributed by atoms with Crippen molar-refractivity contribution in [2.24, 2.45) is 0 Å². The van der Waals surface area contributed by atoms with E-state index >= 15 is 0 Å². The van der Waals surface area contributed by atoms with Gasteiger partial charge >= 0.3 is 0 Å². The van der Waals surface area contributed by atoms with Crippen molar-refractivity contribution in [3.63, 3.8) is 0 Å². The van der Waals surface area contributed by atoms with Gasteiger partial charge in [-0.05, 0) is 25.1 Å². The van der Waals surface area contributed by atoms with Gasteiger partial charge in [-0.1, -0.05) is 0 Å². The van der Waals surface area contributed by atoms with Crippen LogP contribution >= 0.6 is 11.3 Å². The Morgan fingerprint density at radius 3 is 3.06 bits per heavy atom. The van der Waals surface area contributed by atoms with Gasteiger partial charge in [0.05, 0.1) is 12.1 Å². The summed E-state index contributed by atoms with van der Waals surface area (Å²) in [7, 11) is 0. The van der Waals surface area contributed by atoms with Gasteiger partial charge in [0.2, 0.25) is 6.79 Å². The average Bonchev–Trinajstić information content (AvgIpc) is 2.95. The average molecular weight is 261 g/mol. The van der Waals surface area contributed by atoms with Crippen LogP contribution in [0.1, 0.15) is 11.9 Å². The summed E-state index contributed by atoms with van der Waals surface area (Å²) in [5.41, 5.74) is 1.85. The van der Waals surface area contributed by atoms with Gasteiger partial charge in [0.15, 0.2) is 11.5 Å². The molecule has 5 heteroatoms. The highest BCUT2D eigenvalue weighted by atomic mass is 32.1. The van der Waals surface area contributed by atoms with Crippen LogP contribution in [0.4, 0.5) is 0 Å². The van der Waals surface area contributed by atoms with E-state index in [9.17, 15) is 4.79 Å². The number of ketones is 1. The largest absolute Gasteiger partial charge is 0.454 e. The van der Waals surface area contributed by atoms with Crippen molar-refractivity contribution in [1.82, 2.24) is 4.98 Å². The maximum absolute atomic E-state index is 11.0. The van der Waals surface area contributed by atoms with Crippen LogP contribution < -0.4 is 9.47 Å². The Morgan fingerprint density at radius 2 is 2.22 bits per heavy atom. The number of fused-ring (bicyclic) bond motifs is 1. The number of hydrogen-bond donors (Lipinski definition) is 0. The Balaban J connectivity index is 1.90. The zero-order chi connectivity index (χ0) is 12.5. The van der Waals surface area contributed by atoms with E-state index < -0.39 is 0 Å². The Hall–Kier alpha value is -1.88. The number of ether oxygens (including phenoxy) is 2. The first-order chi connectivity index (χ1) is 8.72. The molecular weight excluding hydrogens is 250 g/mol. The van der Waals surface area contributed by atoms with Crippen LogP contribution in [0.2, 0.25) is 0 Å². The molecule has 92 valence electrons. The second-order valence-corrected chi connectivity index (χ2v) is 5.02. The highest BCUT2D eigenvalue weighted by molar-refractivity contribution is 7.10. The van der Waals surface area contributed by atoms with E-state index in [1.54, 1.807) is 6.92 Å². The van der Waals surface area contributed by atoms with Crippen LogP contribution in [-0.2, 0) is 11.2 Å². The third-order valence-electron chi connectivity index (χ3n) is 2.62. The summed E-state index contributed by atoms with van der Waals surface area (Å²) in [5.74, 6) is 1.63. The second-order valence-electron chi connectivity index (χ2n) is 4.07. The van der Waals surface area contributed by atoms with E-state index in [0.717, 1.165) is 27.8 Å². The number of carbonyl (C=O) groups is 1. The molecule has 18 heavy (non-hydrogen) atoms. The molecule has 0 unspecified atom stereocenters. The maximum Gasteiger partial charge on any atom is 0.231 e. The van der Waals surface area contributed by atoms with Crippen LogP contribution in [0.5, 0.6) is 11.5 Å². The summed E-state index contributed by atoms with van der Waals surface area (Å²) in [6, 6.07) is 5.73. The molecule has 0 aliphatic carbocycles. The van der Waals surface area contributed by atoms with Gasteiger partial charge in [-0.3, -0.25) is 4.79 Å². The number of nitrogens with zero attached hydrogens (tertiary/aromatic N) is 1. The van der Waals surface area contributed by atoms with Gasteiger partial charge in [-0.2, -0.15) is 0 Å². The minimum absolute atomic E-state index is 0.126. The lowest BCUT2D eigenvalue weighted by Gasteiger charge is -1.99. The summed E-state index contributed by atoms with van der Waals surface area (Å²) < 4.78 is 10.6. The van der Waals surface area contributed by atoms with E-state index in [4.69, 9.17) is 9.47 Å². The summed E-state index contributed by atoms with van der Waals surface area (Å²) in [6.07, 6.45) is 0.398. The minimum Gasteiger partial charge on any atom is -0.454 e. The number of rotatable bonds is 3. The summed E-state index contributed by atoms with van der Waals surface area (Å²) in [4.78, 5) is 15.5. The first kappa shape index (κ1) is 11.2. The van der Waals surface area contributed by atoms with Crippen molar-refractivity contribution in [2.75, 3.05) is 6.79 Å². The molecule has 0 fully saturated rings. The van der Waals surface area contributed by atoms with Crippen LogP contribution in [0.25, 0.3) is 11.3 Å². The van der Waals surface area contributed by atoms with Gasteiger partial charge < -0.3 is 9.47 Å². The van der Waals surface area contributed by atoms with E-state index in [1.165, 1.54) is 11.3 Å². The maximum atomic E-state index is 11.0. The molecule has 1 aliphatic heterocycles. The lowest BCUT2D eigenvalue weighted by atomic mass is 10.1. The molecule has 0 amide bonds. The number of Topliss-reactive ketones (excluding diaryl/α,β-unsaturated/α-hetero) is 1. The van der Waals surface area contributed by atoms with E-state index in [0.29, 0.717) is 6.42 Å². The molecule has 0 saturated carbocycles. The molecule has 2 heterocycles. The van der Waals surface area contributed by atoms with Gasteiger partial charge in [0, 0.05) is 10.9 Å². The monoisotopic (exact) mass is 261 g/mol. The lowest BCUT2D eigenvalue weighted by Crippen LogP contribution is -1.95. The van der Waals surface area contributed by atoms with Crippen LogP contribution in [0.3, 0.4) is 0 Å². The zero-order valence-corrected chi connectivity index (χ0v) is 10.6. The first-order valence-electron chi connectivity index (χ1n) is 5.56. The third-order valence-corrected chi connectivity index (χ3v) is 3.47. The molecule has 0 N–H and O–H groups in total. The SMILES string of the molecule is CC(=O)Cc1nc(-c2ccc3c(c2)OCO3)cs1. The molecule has 3 rings (SSSR count). The van der Waals surface area contributed by atoms with Crippen LogP contribution in [0, 0.1) is 0 Å². The quantitative estimate of drug-likeness (QED) is 0.852. The summed E-state index contributed by atoms with van der Waals surface area (Å²) >= 11 is 1.50. The molecule has 1 aromatic heterocycles. The summed E-state index contributed by atoms with van der Waals surface area (Å²) in [5, 5.41) is 2.80. The molecule has 1 aliphatic rings. The van der Waals surface area contributed by atoms with Crippen molar-refractivity contribution in [1.29, 1.82) is 0 Å². The fraction of sp³-hybridized carbons (Fsp3) is 0.231. The van der Waals surface area contributed by atoms with Crippen molar-refractivity contribution >= 4 is 17.1 Å². The number of hydrogen-bond acceptors (Lipinski definition) is 5. The molecule has 0 radical (unpaired) electrons. The highest BCUT2D eigenvalue weighted by Crippen LogP contribution is 2.36. The topological polar surface area (TPSA) is 48.4 Å². The van der Waals surface area contributed by atoms with Crippen molar-refractivity contribution in [2.45, 2.75) is 13.3 Å². The molecule has 0 atom stereocenters. The second kappa shape index (κ2) is 4.42. The Bertz CT molecular complexity index is 606. The minimum atomic E-state index is 0.126. The van der Waals surface area contributed by atoms with Crippen LogP contribution in [-0.4, -0.2) is 17.6 Å². The normalized spacial score (nSPS) is 12.7. The first-order valence-corrected chi connectivity index (χ1v) is 6.44. The van der Waals surface area contributed by atoms with E-state index in [1.807, 2.05) is 23.6 Å². The van der Waals surface area contributed by atoms with Gasteiger partial charge in [0.1, 0.15) is 10.8 Å². The smallest absolute Gasteiger partial charge is 0.231 e. The van der Waals surface area contributed by atoms with Crippen LogP contribution in [0.15, 0.2) is 23.6 Å². The van der Waals surface area contributed by atoms with Crippen molar-refractivity contribution < 1.29 is 14.3 Å². The predicted molar refractivity (Wildman–Crippen MR) is 68.1 cm³/mol. The van der Waals surface area contributed by atoms with Gasteiger partial charge in [-0.25, -0.2) is 4.98 Å². The van der Waals surface area contributed by atoms with E-state index in [-0.39, 0.29) is 12.6 Å². The molecule has 0 spiro atoms. The summed E-state index contributed by atoms with van der Waals surface area (Å²) in [6.45, 7) is 1.84. The molecule has 2 aromatic rings. The third kappa shape index (κ3) is 2.09.